The molecule has 1 N–H and O–H groups in total. The predicted octanol–water partition coefficient (Wildman–Crippen LogP) is 2.01. The third kappa shape index (κ3) is 5.02. The first kappa shape index (κ1) is 17.9. The van der Waals surface area contributed by atoms with Gasteiger partial charge in [0.15, 0.2) is 0 Å². The van der Waals surface area contributed by atoms with Gasteiger partial charge in [0.1, 0.15) is 0 Å². The summed E-state index contributed by atoms with van der Waals surface area (Å²) in [4.78, 5) is 2.41. The molecule has 2 aliphatic rings. The van der Waals surface area contributed by atoms with Crippen LogP contribution in [0.1, 0.15) is 37.7 Å². The maximum atomic E-state index is 12.4. The largest absolute Gasteiger partial charge is 0.302 e. The van der Waals surface area contributed by atoms with E-state index < -0.39 is 10.2 Å². The number of aryl methyl sites for hydroxylation is 1. The maximum Gasteiger partial charge on any atom is 0.279 e. The fourth-order valence-electron chi connectivity index (χ4n) is 3.72. The molecule has 2 saturated heterocycles. The molecule has 0 radical (unpaired) electrons. The van der Waals surface area contributed by atoms with Crippen molar-refractivity contribution in [1.82, 2.24) is 13.9 Å². The normalized spacial score (nSPS) is 23.6. The van der Waals surface area contributed by atoms with Crippen LogP contribution in [0.15, 0.2) is 30.3 Å². The number of hydrogen-bond acceptors (Lipinski definition) is 3. The van der Waals surface area contributed by atoms with E-state index in [1.807, 2.05) is 6.07 Å². The maximum absolute atomic E-state index is 12.4. The first-order valence-electron chi connectivity index (χ1n) is 9.17. The van der Waals surface area contributed by atoms with Crippen LogP contribution in [0.25, 0.3) is 0 Å². The molecule has 0 aliphatic carbocycles. The van der Waals surface area contributed by atoms with Gasteiger partial charge in [-0.2, -0.15) is 17.4 Å². The highest BCUT2D eigenvalue weighted by Crippen LogP contribution is 2.16. The van der Waals surface area contributed by atoms with E-state index in [-0.39, 0.29) is 6.04 Å². The molecule has 134 valence electrons. The number of benzene rings is 1. The Bertz CT molecular complexity index is 600. The van der Waals surface area contributed by atoms with Gasteiger partial charge in [-0.1, -0.05) is 30.3 Å². The van der Waals surface area contributed by atoms with Crippen molar-refractivity contribution in [3.05, 3.63) is 35.9 Å². The second-order valence-corrected chi connectivity index (χ2v) is 8.66. The lowest BCUT2D eigenvalue weighted by molar-refractivity contribution is 0.199. The smallest absolute Gasteiger partial charge is 0.279 e. The second kappa shape index (κ2) is 8.43. The Hall–Kier alpha value is -0.950. The molecule has 6 heteroatoms. The number of likely N-dealkylation sites (tertiary alicyclic amines) is 1. The first-order valence-corrected chi connectivity index (χ1v) is 10.6. The van der Waals surface area contributed by atoms with Crippen LogP contribution in [0, 0.1) is 0 Å². The first-order chi connectivity index (χ1) is 11.6. The van der Waals surface area contributed by atoms with Crippen molar-refractivity contribution in [1.29, 1.82) is 0 Å². The van der Waals surface area contributed by atoms with Crippen molar-refractivity contribution in [2.24, 2.45) is 0 Å². The molecule has 1 atom stereocenters. The SMILES string of the molecule is O=S(=O)(N[C@H]1CCCN(CCCc2ccccc2)C1)N1CCCC1. The molecule has 2 heterocycles. The van der Waals surface area contributed by atoms with Crippen LogP contribution in [0.5, 0.6) is 0 Å². The van der Waals surface area contributed by atoms with E-state index in [2.05, 4.69) is 33.9 Å². The summed E-state index contributed by atoms with van der Waals surface area (Å²) in [6, 6.07) is 10.6. The molecule has 0 spiro atoms. The Morgan fingerprint density at radius 3 is 2.54 bits per heavy atom. The second-order valence-electron chi connectivity index (χ2n) is 6.96. The van der Waals surface area contributed by atoms with Gasteiger partial charge in [0, 0.05) is 25.7 Å². The van der Waals surface area contributed by atoms with Gasteiger partial charge < -0.3 is 4.90 Å². The van der Waals surface area contributed by atoms with Crippen LogP contribution in [0.4, 0.5) is 0 Å². The fraction of sp³-hybridized carbons (Fsp3) is 0.667. The van der Waals surface area contributed by atoms with Gasteiger partial charge in [-0.3, -0.25) is 0 Å². The Morgan fingerprint density at radius 2 is 1.79 bits per heavy atom. The summed E-state index contributed by atoms with van der Waals surface area (Å²) in [6.07, 6.45) is 6.19. The lowest BCUT2D eigenvalue weighted by Crippen LogP contribution is -2.51. The standard InChI is InChI=1S/C18H29N3O2S/c22-24(23,21-14-4-5-15-21)19-18-11-7-13-20(16-18)12-6-10-17-8-2-1-3-9-17/h1-3,8-9,18-19H,4-7,10-16H2/t18-/m0/s1. The molecule has 0 unspecified atom stereocenters. The number of rotatable bonds is 7. The minimum Gasteiger partial charge on any atom is -0.302 e. The highest BCUT2D eigenvalue weighted by molar-refractivity contribution is 7.87. The van der Waals surface area contributed by atoms with Crippen LogP contribution in [-0.4, -0.2) is 56.4 Å². The van der Waals surface area contributed by atoms with Crippen molar-refractivity contribution in [2.45, 2.75) is 44.6 Å². The molecule has 0 aromatic heterocycles. The summed E-state index contributed by atoms with van der Waals surface area (Å²) in [5.41, 5.74) is 1.38. The zero-order valence-electron chi connectivity index (χ0n) is 14.4. The van der Waals surface area contributed by atoms with Gasteiger partial charge in [0.2, 0.25) is 0 Å². The molecule has 2 aliphatic heterocycles. The van der Waals surface area contributed by atoms with Crippen LogP contribution < -0.4 is 4.72 Å². The minimum absolute atomic E-state index is 0.0566. The van der Waals surface area contributed by atoms with Crippen LogP contribution >= 0.6 is 0 Å². The summed E-state index contributed by atoms with van der Waals surface area (Å²) in [5.74, 6) is 0. The number of piperidine rings is 1. The molecule has 1 aromatic carbocycles. The topological polar surface area (TPSA) is 52.7 Å². The van der Waals surface area contributed by atoms with E-state index in [4.69, 9.17) is 0 Å². The van der Waals surface area contributed by atoms with Crippen molar-refractivity contribution >= 4 is 10.2 Å². The highest BCUT2D eigenvalue weighted by atomic mass is 32.2. The fourth-order valence-corrected chi connectivity index (χ4v) is 5.22. The van der Waals surface area contributed by atoms with Gasteiger partial charge in [0.05, 0.1) is 0 Å². The van der Waals surface area contributed by atoms with E-state index in [1.165, 1.54) is 5.56 Å². The number of nitrogens with zero attached hydrogens (tertiary/aromatic N) is 2. The van der Waals surface area contributed by atoms with Crippen molar-refractivity contribution < 1.29 is 8.42 Å². The third-order valence-electron chi connectivity index (χ3n) is 5.01. The average molecular weight is 352 g/mol. The zero-order valence-corrected chi connectivity index (χ0v) is 15.2. The Kier molecular flexibility index (Phi) is 6.27. The molecular weight excluding hydrogens is 322 g/mol. The summed E-state index contributed by atoms with van der Waals surface area (Å²) >= 11 is 0. The van der Waals surface area contributed by atoms with Gasteiger partial charge in [-0.15, -0.1) is 0 Å². The monoisotopic (exact) mass is 351 g/mol. The van der Waals surface area contributed by atoms with E-state index in [1.54, 1.807) is 4.31 Å². The van der Waals surface area contributed by atoms with E-state index in [9.17, 15) is 8.42 Å². The Morgan fingerprint density at radius 1 is 1.04 bits per heavy atom. The molecule has 2 fully saturated rings. The van der Waals surface area contributed by atoms with Gasteiger partial charge >= 0.3 is 0 Å². The molecule has 1 aromatic rings. The quantitative estimate of drug-likeness (QED) is 0.818. The van der Waals surface area contributed by atoms with Crippen LogP contribution in [-0.2, 0) is 16.6 Å². The van der Waals surface area contributed by atoms with E-state index >= 15 is 0 Å². The number of nitrogens with one attached hydrogen (secondary N) is 1. The van der Waals surface area contributed by atoms with E-state index in [0.717, 1.165) is 58.2 Å². The summed E-state index contributed by atoms with van der Waals surface area (Å²) < 4.78 is 29.3. The third-order valence-corrected chi connectivity index (χ3v) is 6.68. The summed E-state index contributed by atoms with van der Waals surface area (Å²) in [6.45, 7) is 4.29. The molecule has 0 saturated carbocycles. The van der Waals surface area contributed by atoms with Gasteiger partial charge in [-0.05, 0) is 57.2 Å². The predicted molar refractivity (Wildman–Crippen MR) is 97.1 cm³/mol. The summed E-state index contributed by atoms with van der Waals surface area (Å²) in [7, 11) is -3.29. The summed E-state index contributed by atoms with van der Waals surface area (Å²) in [5, 5.41) is 0. The molecule has 3 rings (SSSR count). The van der Waals surface area contributed by atoms with Gasteiger partial charge in [0.25, 0.3) is 10.2 Å². The van der Waals surface area contributed by atoms with Gasteiger partial charge in [-0.25, -0.2) is 0 Å². The van der Waals surface area contributed by atoms with Crippen molar-refractivity contribution in [3.8, 4) is 0 Å². The van der Waals surface area contributed by atoms with Crippen LogP contribution in [0.3, 0.4) is 0 Å². The minimum atomic E-state index is -3.29. The molecular formula is C18H29N3O2S. The highest BCUT2D eigenvalue weighted by Gasteiger charge is 2.29. The zero-order chi connectivity index (χ0) is 16.8. The van der Waals surface area contributed by atoms with Crippen molar-refractivity contribution in [2.75, 3.05) is 32.7 Å². The van der Waals surface area contributed by atoms with Crippen LogP contribution in [0.2, 0.25) is 0 Å². The lowest BCUT2D eigenvalue weighted by Gasteiger charge is -2.33. The molecule has 0 amide bonds. The molecule has 5 nitrogen and oxygen atoms in total. The van der Waals surface area contributed by atoms with Crippen molar-refractivity contribution in [3.63, 3.8) is 0 Å². The molecule has 24 heavy (non-hydrogen) atoms. The molecule has 0 bridgehead atoms. The Labute approximate surface area is 146 Å². The van der Waals surface area contributed by atoms with E-state index in [0.29, 0.717) is 13.1 Å². The Balaban J connectivity index is 1.44. The number of hydrogen-bond donors (Lipinski definition) is 1. The average Bonchev–Trinajstić information content (AvgIpc) is 3.11. The lowest BCUT2D eigenvalue weighted by atomic mass is 10.1.